The van der Waals surface area contributed by atoms with Crippen molar-refractivity contribution in [3.8, 4) is 11.1 Å². The summed E-state index contributed by atoms with van der Waals surface area (Å²) < 4.78 is 1.72. The number of anilines is 1. The molecule has 4 aromatic rings. The zero-order valence-electron chi connectivity index (χ0n) is 15.2. The highest BCUT2D eigenvalue weighted by molar-refractivity contribution is 5.92. The summed E-state index contributed by atoms with van der Waals surface area (Å²) in [7, 11) is 0. The van der Waals surface area contributed by atoms with Crippen molar-refractivity contribution in [1.82, 2.24) is 14.6 Å². The average molecular weight is 372 g/mol. The molecule has 4 rings (SSSR count). The summed E-state index contributed by atoms with van der Waals surface area (Å²) in [4.78, 5) is 16.5. The molecular weight excluding hydrogens is 352 g/mol. The number of rotatable bonds is 6. The smallest absolute Gasteiger partial charge is 0.228 e. The SMILES string of the molecule is O=C(Cc1ccc(-c2ccn3ncnc3c2)cc1)Nc1cccc(CCO)c1. The van der Waals surface area contributed by atoms with E-state index in [2.05, 4.69) is 15.4 Å². The van der Waals surface area contributed by atoms with Crippen LogP contribution in [0.2, 0.25) is 0 Å². The molecule has 2 heterocycles. The van der Waals surface area contributed by atoms with Gasteiger partial charge in [-0.15, -0.1) is 0 Å². The van der Waals surface area contributed by atoms with Crippen LogP contribution >= 0.6 is 0 Å². The molecular formula is C22H20N4O2. The summed E-state index contributed by atoms with van der Waals surface area (Å²) in [5.41, 5.74) is 5.59. The van der Waals surface area contributed by atoms with Crippen molar-refractivity contribution in [2.75, 3.05) is 11.9 Å². The van der Waals surface area contributed by atoms with Gasteiger partial charge in [0.2, 0.25) is 5.91 Å². The molecule has 0 aliphatic rings. The van der Waals surface area contributed by atoms with E-state index in [4.69, 9.17) is 5.11 Å². The van der Waals surface area contributed by atoms with Crippen molar-refractivity contribution in [2.45, 2.75) is 12.8 Å². The molecule has 0 radical (unpaired) electrons. The lowest BCUT2D eigenvalue weighted by molar-refractivity contribution is -0.115. The maximum Gasteiger partial charge on any atom is 0.228 e. The Balaban J connectivity index is 1.42. The number of benzene rings is 2. The molecule has 0 atom stereocenters. The van der Waals surface area contributed by atoms with Crippen molar-refractivity contribution in [1.29, 1.82) is 0 Å². The van der Waals surface area contributed by atoms with Gasteiger partial charge in [0.15, 0.2) is 5.65 Å². The van der Waals surface area contributed by atoms with Crippen molar-refractivity contribution < 1.29 is 9.90 Å². The van der Waals surface area contributed by atoms with E-state index >= 15 is 0 Å². The Kier molecular flexibility index (Phi) is 5.12. The zero-order chi connectivity index (χ0) is 19.3. The zero-order valence-corrected chi connectivity index (χ0v) is 15.2. The third-order valence-corrected chi connectivity index (χ3v) is 4.54. The van der Waals surface area contributed by atoms with Gasteiger partial charge in [-0.25, -0.2) is 9.50 Å². The highest BCUT2D eigenvalue weighted by Gasteiger charge is 2.06. The van der Waals surface area contributed by atoms with Gasteiger partial charge in [-0.1, -0.05) is 36.4 Å². The maximum absolute atomic E-state index is 12.3. The van der Waals surface area contributed by atoms with E-state index in [1.807, 2.05) is 66.9 Å². The van der Waals surface area contributed by atoms with E-state index in [0.29, 0.717) is 12.8 Å². The van der Waals surface area contributed by atoms with Crippen LogP contribution in [-0.4, -0.2) is 32.2 Å². The Morgan fingerprint density at radius 2 is 1.86 bits per heavy atom. The number of carbonyl (C=O) groups is 1. The number of nitrogens with one attached hydrogen (secondary N) is 1. The van der Waals surface area contributed by atoms with E-state index < -0.39 is 0 Å². The Bertz CT molecular complexity index is 1100. The average Bonchev–Trinajstić information content (AvgIpc) is 3.17. The number of nitrogens with zero attached hydrogens (tertiary/aromatic N) is 3. The molecule has 140 valence electrons. The number of amides is 1. The molecule has 0 spiro atoms. The van der Waals surface area contributed by atoms with Gasteiger partial charge >= 0.3 is 0 Å². The van der Waals surface area contributed by atoms with E-state index in [0.717, 1.165) is 33.6 Å². The van der Waals surface area contributed by atoms with Crippen molar-refractivity contribution in [3.63, 3.8) is 0 Å². The van der Waals surface area contributed by atoms with Crippen LogP contribution in [0.25, 0.3) is 16.8 Å². The third kappa shape index (κ3) is 4.07. The second-order valence-electron chi connectivity index (χ2n) is 6.57. The van der Waals surface area contributed by atoms with Gasteiger partial charge in [0.1, 0.15) is 6.33 Å². The minimum atomic E-state index is -0.0706. The molecule has 0 aliphatic carbocycles. The lowest BCUT2D eigenvalue weighted by atomic mass is 10.0. The van der Waals surface area contributed by atoms with Gasteiger partial charge in [-0.05, 0) is 52.9 Å². The topological polar surface area (TPSA) is 79.5 Å². The molecule has 2 aromatic carbocycles. The van der Waals surface area contributed by atoms with Crippen LogP contribution in [0.1, 0.15) is 11.1 Å². The maximum atomic E-state index is 12.3. The quantitative estimate of drug-likeness (QED) is 0.545. The number of aliphatic hydroxyl groups is 1. The molecule has 28 heavy (non-hydrogen) atoms. The van der Waals surface area contributed by atoms with Gasteiger partial charge in [0.25, 0.3) is 0 Å². The second kappa shape index (κ2) is 8.02. The Morgan fingerprint density at radius 1 is 1.00 bits per heavy atom. The van der Waals surface area contributed by atoms with E-state index in [-0.39, 0.29) is 12.5 Å². The highest BCUT2D eigenvalue weighted by Crippen LogP contribution is 2.21. The van der Waals surface area contributed by atoms with E-state index in [9.17, 15) is 4.79 Å². The molecule has 0 unspecified atom stereocenters. The standard InChI is InChI=1S/C22H20N4O2/c27-11-9-16-2-1-3-20(12-16)25-22(28)13-17-4-6-18(7-5-17)19-8-10-26-21(14-19)23-15-24-26/h1-8,10,12,14-15,27H,9,11,13H2,(H,25,28). The van der Waals surface area contributed by atoms with Crippen molar-refractivity contribution in [2.24, 2.45) is 0 Å². The largest absolute Gasteiger partial charge is 0.396 e. The first-order chi connectivity index (χ1) is 13.7. The van der Waals surface area contributed by atoms with Gasteiger partial charge in [0.05, 0.1) is 6.42 Å². The van der Waals surface area contributed by atoms with Crippen LogP contribution < -0.4 is 5.32 Å². The number of pyridine rings is 1. The number of hydrogen-bond donors (Lipinski definition) is 2. The molecule has 2 N–H and O–H groups in total. The summed E-state index contributed by atoms with van der Waals surface area (Å²) in [6.07, 6.45) is 4.28. The van der Waals surface area contributed by atoms with Gasteiger partial charge in [-0.2, -0.15) is 5.10 Å². The first kappa shape index (κ1) is 17.9. The minimum absolute atomic E-state index is 0.0706. The lowest BCUT2D eigenvalue weighted by Gasteiger charge is -2.08. The van der Waals surface area contributed by atoms with Crippen LogP contribution in [0.3, 0.4) is 0 Å². The molecule has 0 bridgehead atoms. The predicted octanol–water partition coefficient (Wildman–Crippen LogP) is 3.11. The highest BCUT2D eigenvalue weighted by atomic mass is 16.3. The molecule has 6 heteroatoms. The normalized spacial score (nSPS) is 10.9. The van der Waals surface area contributed by atoms with Crippen LogP contribution in [0.5, 0.6) is 0 Å². The van der Waals surface area contributed by atoms with Crippen molar-refractivity contribution in [3.05, 3.63) is 84.3 Å². The molecule has 2 aromatic heterocycles. The minimum Gasteiger partial charge on any atom is -0.396 e. The summed E-state index contributed by atoms with van der Waals surface area (Å²) in [6, 6.07) is 19.5. The summed E-state index contributed by atoms with van der Waals surface area (Å²) in [5.74, 6) is -0.0706. The first-order valence-electron chi connectivity index (χ1n) is 9.09. The number of aliphatic hydroxyl groups excluding tert-OH is 1. The lowest BCUT2D eigenvalue weighted by Crippen LogP contribution is -2.14. The third-order valence-electron chi connectivity index (χ3n) is 4.54. The van der Waals surface area contributed by atoms with Crippen LogP contribution in [0.4, 0.5) is 5.69 Å². The molecule has 6 nitrogen and oxygen atoms in total. The van der Waals surface area contributed by atoms with Gasteiger partial charge < -0.3 is 10.4 Å². The predicted molar refractivity (Wildman–Crippen MR) is 108 cm³/mol. The fraction of sp³-hybridized carbons (Fsp3) is 0.136. The Labute approximate surface area is 162 Å². The number of fused-ring (bicyclic) bond motifs is 1. The van der Waals surface area contributed by atoms with Gasteiger partial charge in [0, 0.05) is 18.5 Å². The van der Waals surface area contributed by atoms with Crippen molar-refractivity contribution >= 4 is 17.2 Å². The number of carbonyl (C=O) groups excluding carboxylic acids is 1. The fourth-order valence-electron chi connectivity index (χ4n) is 3.13. The fourth-order valence-corrected chi connectivity index (χ4v) is 3.13. The second-order valence-corrected chi connectivity index (χ2v) is 6.57. The summed E-state index contributed by atoms with van der Waals surface area (Å²) in [6.45, 7) is 0.0910. The Hall–Kier alpha value is -3.51. The van der Waals surface area contributed by atoms with Crippen LogP contribution in [0, 0.1) is 0 Å². The molecule has 0 saturated carbocycles. The number of hydrogen-bond acceptors (Lipinski definition) is 4. The van der Waals surface area contributed by atoms with E-state index in [1.54, 1.807) is 4.52 Å². The van der Waals surface area contributed by atoms with Crippen LogP contribution in [0.15, 0.2) is 73.2 Å². The summed E-state index contributed by atoms with van der Waals surface area (Å²) in [5, 5.41) is 16.1. The molecule has 0 aliphatic heterocycles. The summed E-state index contributed by atoms with van der Waals surface area (Å²) >= 11 is 0. The van der Waals surface area contributed by atoms with Crippen LogP contribution in [-0.2, 0) is 17.6 Å². The molecule has 1 amide bonds. The monoisotopic (exact) mass is 372 g/mol. The molecule has 0 saturated heterocycles. The first-order valence-corrected chi connectivity index (χ1v) is 9.09. The van der Waals surface area contributed by atoms with Gasteiger partial charge in [-0.3, -0.25) is 4.79 Å². The Morgan fingerprint density at radius 3 is 2.68 bits per heavy atom. The van der Waals surface area contributed by atoms with E-state index in [1.165, 1.54) is 6.33 Å². The number of aromatic nitrogens is 3. The molecule has 0 fully saturated rings.